The van der Waals surface area contributed by atoms with Crippen LogP contribution in [0.25, 0.3) is 0 Å². The lowest BCUT2D eigenvalue weighted by Crippen LogP contribution is -2.39. The van der Waals surface area contributed by atoms with Crippen LogP contribution in [0.4, 0.5) is 5.69 Å². The molecule has 0 aromatic heterocycles. The Morgan fingerprint density at radius 2 is 1.81 bits per heavy atom. The molecule has 1 rings (SSSR count). The summed E-state index contributed by atoms with van der Waals surface area (Å²) in [6, 6.07) is 6.74. The average Bonchev–Trinajstić information content (AvgIpc) is 2.43. The summed E-state index contributed by atoms with van der Waals surface area (Å²) in [5, 5.41) is 11.2. The van der Waals surface area contributed by atoms with Crippen molar-refractivity contribution in [3.8, 4) is 0 Å². The summed E-state index contributed by atoms with van der Waals surface area (Å²) in [4.78, 5) is 22.7. The van der Waals surface area contributed by atoms with E-state index in [0.717, 1.165) is 0 Å². The number of hydrogen-bond acceptors (Lipinski definition) is 4. The third-order valence-electron chi connectivity index (χ3n) is 3.16. The summed E-state index contributed by atoms with van der Waals surface area (Å²) in [5.41, 5.74) is 8.89. The predicted molar refractivity (Wildman–Crippen MR) is 80.9 cm³/mol. The lowest BCUT2D eigenvalue weighted by Gasteiger charge is -2.19. The summed E-state index contributed by atoms with van der Waals surface area (Å²) >= 11 is 0. The van der Waals surface area contributed by atoms with Gasteiger partial charge in [0, 0.05) is 12.1 Å². The summed E-state index contributed by atoms with van der Waals surface area (Å²) < 4.78 is 0. The van der Waals surface area contributed by atoms with Gasteiger partial charge in [0.15, 0.2) is 0 Å². The quantitative estimate of drug-likeness (QED) is 0.488. The zero-order valence-electron chi connectivity index (χ0n) is 12.6. The van der Waals surface area contributed by atoms with E-state index in [1.54, 1.807) is 0 Å². The highest BCUT2D eigenvalue weighted by molar-refractivity contribution is 5.91. The zero-order chi connectivity index (χ0) is 16.0. The fourth-order valence-corrected chi connectivity index (χ4v) is 1.78. The molecule has 0 aliphatic carbocycles. The molecular weight excluding hydrogens is 270 g/mol. The van der Waals surface area contributed by atoms with Crippen LogP contribution in [0, 0.1) is 0 Å². The van der Waals surface area contributed by atoms with E-state index < -0.39 is 11.9 Å². The number of hydrogen-bond donors (Lipinski definition) is 4. The van der Waals surface area contributed by atoms with Crippen molar-refractivity contribution in [2.24, 2.45) is 5.73 Å². The van der Waals surface area contributed by atoms with E-state index in [-0.39, 0.29) is 24.2 Å². The van der Waals surface area contributed by atoms with Gasteiger partial charge in [0.2, 0.25) is 5.91 Å². The maximum absolute atomic E-state index is 11.7. The van der Waals surface area contributed by atoms with Crippen molar-refractivity contribution in [2.75, 3.05) is 5.32 Å². The summed E-state index contributed by atoms with van der Waals surface area (Å²) in [6.45, 7) is 6.36. The maximum atomic E-state index is 11.7. The largest absolute Gasteiger partial charge is 0.326 e. The van der Waals surface area contributed by atoms with Crippen LogP contribution in [0.1, 0.15) is 39.2 Å². The first-order valence-electron chi connectivity index (χ1n) is 6.84. The fraction of sp³-hybridized carbons (Fsp3) is 0.467. The highest BCUT2D eigenvalue weighted by atomic mass is 16.5. The van der Waals surface area contributed by atoms with Crippen LogP contribution in [0.3, 0.4) is 0 Å². The SMILES string of the molecule is CC(C)(C)c1ccc(NC(=O)CCC(N)C(=O)NO)cc1. The van der Waals surface area contributed by atoms with Crippen molar-refractivity contribution in [1.29, 1.82) is 0 Å². The molecule has 1 atom stereocenters. The number of amides is 2. The zero-order valence-corrected chi connectivity index (χ0v) is 12.6. The standard InChI is InChI=1S/C15H23N3O3/c1-15(2,3)10-4-6-11(7-5-10)17-13(19)9-8-12(16)14(20)18-21/h4-7,12,21H,8-9,16H2,1-3H3,(H,17,19)(H,18,20). The predicted octanol–water partition coefficient (Wildman–Crippen LogP) is 1.54. The molecule has 116 valence electrons. The number of carbonyl (C=O) groups excluding carboxylic acids is 2. The molecule has 2 amide bonds. The summed E-state index contributed by atoms with van der Waals surface area (Å²) in [7, 11) is 0. The topological polar surface area (TPSA) is 104 Å². The molecule has 0 bridgehead atoms. The van der Waals surface area contributed by atoms with E-state index in [0.29, 0.717) is 5.69 Å². The minimum atomic E-state index is -0.899. The molecule has 21 heavy (non-hydrogen) atoms. The van der Waals surface area contributed by atoms with E-state index in [1.807, 2.05) is 24.3 Å². The van der Waals surface area contributed by atoms with Gasteiger partial charge in [-0.2, -0.15) is 0 Å². The van der Waals surface area contributed by atoms with Gasteiger partial charge in [-0.15, -0.1) is 0 Å². The molecule has 1 unspecified atom stereocenters. The molecule has 0 heterocycles. The lowest BCUT2D eigenvalue weighted by atomic mass is 9.87. The Hall–Kier alpha value is -1.92. The summed E-state index contributed by atoms with van der Waals surface area (Å²) in [5.74, 6) is -0.919. The van der Waals surface area contributed by atoms with Crippen molar-refractivity contribution in [2.45, 2.75) is 45.1 Å². The second kappa shape index (κ2) is 7.19. The molecule has 0 saturated carbocycles. The van der Waals surface area contributed by atoms with Crippen molar-refractivity contribution in [3.63, 3.8) is 0 Å². The number of benzene rings is 1. The second-order valence-electron chi connectivity index (χ2n) is 6.00. The van der Waals surface area contributed by atoms with Crippen molar-refractivity contribution < 1.29 is 14.8 Å². The van der Waals surface area contributed by atoms with Crippen LogP contribution in [0.15, 0.2) is 24.3 Å². The smallest absolute Gasteiger partial charge is 0.260 e. The molecular formula is C15H23N3O3. The Labute approximate surface area is 124 Å². The Balaban J connectivity index is 2.50. The Kier molecular flexibility index (Phi) is 5.87. The number of hydroxylamine groups is 1. The van der Waals surface area contributed by atoms with Gasteiger partial charge in [-0.3, -0.25) is 14.8 Å². The first kappa shape index (κ1) is 17.1. The van der Waals surface area contributed by atoms with Gasteiger partial charge in [-0.05, 0) is 29.5 Å². The Morgan fingerprint density at radius 3 is 2.29 bits per heavy atom. The van der Waals surface area contributed by atoms with Gasteiger partial charge in [0.1, 0.15) is 0 Å². The number of carbonyl (C=O) groups is 2. The average molecular weight is 293 g/mol. The van der Waals surface area contributed by atoms with Gasteiger partial charge in [-0.25, -0.2) is 5.48 Å². The fourth-order valence-electron chi connectivity index (χ4n) is 1.78. The van der Waals surface area contributed by atoms with Gasteiger partial charge in [0.25, 0.3) is 5.91 Å². The summed E-state index contributed by atoms with van der Waals surface area (Å²) in [6.07, 6.45) is 0.272. The van der Waals surface area contributed by atoms with E-state index >= 15 is 0 Å². The molecule has 0 aliphatic heterocycles. The van der Waals surface area contributed by atoms with E-state index in [9.17, 15) is 9.59 Å². The first-order valence-corrected chi connectivity index (χ1v) is 6.84. The molecule has 0 spiro atoms. The molecule has 1 aromatic carbocycles. The molecule has 6 heteroatoms. The molecule has 0 fully saturated rings. The van der Waals surface area contributed by atoms with Crippen LogP contribution in [0.5, 0.6) is 0 Å². The number of rotatable bonds is 5. The maximum Gasteiger partial charge on any atom is 0.260 e. The van der Waals surface area contributed by atoms with Gasteiger partial charge in [-0.1, -0.05) is 32.9 Å². The Morgan fingerprint density at radius 1 is 1.24 bits per heavy atom. The second-order valence-corrected chi connectivity index (χ2v) is 6.00. The number of anilines is 1. The van der Waals surface area contributed by atoms with E-state index in [4.69, 9.17) is 10.9 Å². The van der Waals surface area contributed by atoms with Gasteiger partial charge >= 0.3 is 0 Å². The third-order valence-corrected chi connectivity index (χ3v) is 3.16. The minimum absolute atomic E-state index is 0.0625. The van der Waals surface area contributed by atoms with E-state index in [2.05, 4.69) is 26.1 Å². The van der Waals surface area contributed by atoms with Crippen LogP contribution in [0.2, 0.25) is 0 Å². The molecule has 0 saturated heterocycles. The van der Waals surface area contributed by atoms with Crippen molar-refractivity contribution >= 4 is 17.5 Å². The minimum Gasteiger partial charge on any atom is -0.326 e. The third kappa shape index (κ3) is 5.53. The van der Waals surface area contributed by atoms with Crippen LogP contribution >= 0.6 is 0 Å². The monoisotopic (exact) mass is 293 g/mol. The molecule has 6 nitrogen and oxygen atoms in total. The lowest BCUT2D eigenvalue weighted by molar-refractivity contribution is -0.130. The van der Waals surface area contributed by atoms with Gasteiger partial charge < -0.3 is 11.1 Å². The van der Waals surface area contributed by atoms with Crippen LogP contribution in [-0.4, -0.2) is 23.1 Å². The van der Waals surface area contributed by atoms with Crippen molar-refractivity contribution in [1.82, 2.24) is 5.48 Å². The highest BCUT2D eigenvalue weighted by Crippen LogP contribution is 2.23. The molecule has 5 N–H and O–H groups in total. The van der Waals surface area contributed by atoms with Crippen LogP contribution < -0.4 is 16.5 Å². The first-order chi connectivity index (χ1) is 9.74. The van der Waals surface area contributed by atoms with Crippen LogP contribution in [-0.2, 0) is 15.0 Å². The van der Waals surface area contributed by atoms with Crippen molar-refractivity contribution in [3.05, 3.63) is 29.8 Å². The van der Waals surface area contributed by atoms with E-state index in [1.165, 1.54) is 11.0 Å². The van der Waals surface area contributed by atoms with Gasteiger partial charge in [0.05, 0.1) is 6.04 Å². The molecule has 1 aromatic rings. The Bertz CT molecular complexity index is 492. The highest BCUT2D eigenvalue weighted by Gasteiger charge is 2.15. The molecule has 0 aliphatic rings. The molecule has 0 radical (unpaired) electrons. The number of nitrogens with two attached hydrogens (primary N) is 1. The normalized spacial score (nSPS) is 12.6. The number of nitrogens with one attached hydrogen (secondary N) is 2.